The Hall–Kier alpha value is -6.24. The van der Waals surface area contributed by atoms with Crippen LogP contribution in [0.2, 0.25) is 0 Å². The van der Waals surface area contributed by atoms with E-state index < -0.39 is 78.5 Å². The summed E-state index contributed by atoms with van der Waals surface area (Å²) in [5.74, 6) is -0.921. The van der Waals surface area contributed by atoms with Crippen LogP contribution in [-0.2, 0) is 100 Å². The van der Waals surface area contributed by atoms with Gasteiger partial charge in [0.05, 0.1) is 189 Å². The number of aliphatic hydroxyl groups is 4. The third-order valence-electron chi connectivity index (χ3n) is 13.4. The van der Waals surface area contributed by atoms with Crippen molar-refractivity contribution in [1.82, 2.24) is 55.2 Å². The summed E-state index contributed by atoms with van der Waals surface area (Å²) >= 11 is 0. The van der Waals surface area contributed by atoms with Gasteiger partial charge in [-0.15, -0.1) is 10.2 Å². The number of aliphatic hydroxyl groups excluding tert-OH is 4. The van der Waals surface area contributed by atoms with Gasteiger partial charge in [-0.1, -0.05) is 22.0 Å². The van der Waals surface area contributed by atoms with Crippen molar-refractivity contribution in [3.8, 4) is 0 Å². The first-order valence-corrected chi connectivity index (χ1v) is 29.6. The molecule has 6 heterocycles. The maximum Gasteiger partial charge on any atom is 0.433 e. The fraction of sp³-hybridized carbons (Fsp3) is 0.755. The fourth-order valence-corrected chi connectivity index (χ4v) is 8.61. The van der Waals surface area contributed by atoms with Crippen molar-refractivity contribution in [1.29, 1.82) is 0 Å². The number of alkyl halides is 6. The highest BCUT2D eigenvalue weighted by atomic mass is 19.4. The fourth-order valence-electron chi connectivity index (χ4n) is 8.61. The lowest BCUT2D eigenvalue weighted by Crippen LogP contribution is -2.57. The first kappa shape index (κ1) is 74.8. The molecular weight excluding hydrogens is 1250 g/mol. The first-order valence-electron chi connectivity index (χ1n) is 29.6. The number of amides is 1. The highest BCUT2D eigenvalue weighted by Crippen LogP contribution is 2.29. The van der Waals surface area contributed by atoms with Gasteiger partial charge in [0.2, 0.25) is 17.8 Å². The first-order chi connectivity index (χ1) is 44.5. The Morgan fingerprint density at radius 3 is 1.42 bits per heavy atom. The number of nitrogens with zero attached hydrogens (tertiary/aromatic N) is 13. The molecule has 0 radical (unpaired) electrons. The molecule has 2 fully saturated rings. The zero-order valence-corrected chi connectivity index (χ0v) is 50.3. The van der Waals surface area contributed by atoms with E-state index in [4.69, 9.17) is 62.4 Å². The van der Waals surface area contributed by atoms with Crippen LogP contribution in [0.5, 0.6) is 0 Å². The zero-order valence-electron chi connectivity index (χ0n) is 50.3. The van der Waals surface area contributed by atoms with Gasteiger partial charge in [-0.3, -0.25) is 4.79 Å². The number of rotatable bonds is 47. The van der Waals surface area contributed by atoms with Crippen LogP contribution in [0, 0.1) is 0 Å². The predicted octanol–water partition coefficient (Wildman–Crippen LogP) is 0.912. The molecule has 2 aliphatic heterocycles. The van der Waals surface area contributed by atoms with Crippen molar-refractivity contribution in [2.24, 2.45) is 5.11 Å². The molecular formula is C53H80F6N16O17. The average Bonchev–Trinajstić information content (AvgIpc) is 2.33. The molecule has 0 saturated carbocycles. The van der Waals surface area contributed by atoms with Crippen LogP contribution in [0.1, 0.15) is 48.5 Å². The Morgan fingerprint density at radius 1 is 0.598 bits per heavy atom. The van der Waals surface area contributed by atoms with E-state index in [1.807, 2.05) is 0 Å². The van der Waals surface area contributed by atoms with Gasteiger partial charge in [0.25, 0.3) is 0 Å². The van der Waals surface area contributed by atoms with Crippen molar-refractivity contribution in [2.75, 3.05) is 149 Å². The van der Waals surface area contributed by atoms with E-state index in [0.717, 1.165) is 24.5 Å². The predicted molar refractivity (Wildman–Crippen MR) is 303 cm³/mol. The maximum absolute atomic E-state index is 13.0. The molecule has 33 nitrogen and oxygen atoms in total. The van der Waals surface area contributed by atoms with Gasteiger partial charge in [-0.05, 0) is 30.5 Å². The summed E-state index contributed by atoms with van der Waals surface area (Å²) < 4.78 is 149. The number of azide groups is 1. The molecule has 0 bridgehead atoms. The van der Waals surface area contributed by atoms with Gasteiger partial charge in [0.1, 0.15) is 59.4 Å². The van der Waals surface area contributed by atoms with E-state index in [9.17, 15) is 51.6 Å². The zero-order chi connectivity index (χ0) is 65.8. The van der Waals surface area contributed by atoms with Crippen LogP contribution in [0.4, 0.5) is 38.2 Å². The smallest absolute Gasteiger partial charge is 0.388 e. The van der Waals surface area contributed by atoms with Crippen LogP contribution < -0.4 is 16.0 Å². The SMILES string of the molecule is [N-]=[N+]=NCCCCCC(=O)NC(COCc1cn(CCOCCOCCOCCOC[C@H]2OC[C@H](Nc3nccc(C(F)(F)F)n3)[C@@H](O)[C@H]2O)nn1)COCc1cn(CCOCCOCCOCCOC[C@H]2OC[C@H](Nc3nccc(C(F)(F)F)n3)[C@@H](O)[C@H]2O)nn1. The minimum absolute atomic E-state index is 0.0636. The highest BCUT2D eigenvalue weighted by Gasteiger charge is 2.41. The van der Waals surface area contributed by atoms with E-state index in [2.05, 4.69) is 66.5 Å². The number of ether oxygens (including phenoxy) is 12. The number of halogens is 6. The maximum atomic E-state index is 13.0. The quantitative estimate of drug-likeness (QED) is 0.0106. The third kappa shape index (κ3) is 28.5. The van der Waals surface area contributed by atoms with Crippen molar-refractivity contribution >= 4 is 17.8 Å². The third-order valence-corrected chi connectivity index (χ3v) is 13.4. The number of unbranched alkanes of at least 4 members (excludes halogenated alkanes) is 2. The van der Waals surface area contributed by atoms with Crippen molar-refractivity contribution < 1.29 is 108 Å². The van der Waals surface area contributed by atoms with E-state index >= 15 is 0 Å². The summed E-state index contributed by atoms with van der Waals surface area (Å²) in [5, 5.41) is 70.3. The number of carbonyl (C=O) groups excluding carboxylic acids is 1. The summed E-state index contributed by atoms with van der Waals surface area (Å²) in [7, 11) is 0. The number of hydrogen-bond donors (Lipinski definition) is 7. The van der Waals surface area contributed by atoms with E-state index in [-0.39, 0.29) is 117 Å². The molecule has 0 aromatic carbocycles. The summed E-state index contributed by atoms with van der Waals surface area (Å²) in [6.07, 6.45) is -9.11. The lowest BCUT2D eigenvalue weighted by Gasteiger charge is -2.37. The second-order valence-corrected chi connectivity index (χ2v) is 20.6. The number of carbonyl (C=O) groups is 1. The normalized spacial score (nSPS) is 20.3. The summed E-state index contributed by atoms with van der Waals surface area (Å²) in [4.78, 5) is 29.9. The molecule has 2 saturated heterocycles. The van der Waals surface area contributed by atoms with Crippen LogP contribution in [0.3, 0.4) is 0 Å². The molecule has 6 rings (SSSR count). The molecule has 8 atom stereocenters. The molecule has 516 valence electrons. The molecule has 0 spiro atoms. The molecule has 1 amide bonds. The Bertz CT molecular complexity index is 2570. The molecule has 4 aromatic heterocycles. The number of nitrogens with one attached hydrogen (secondary N) is 3. The Labute approximate surface area is 524 Å². The standard InChI is InChI=1S/C53H80F6N16O17/c54-52(55,56)43-5-8-61-50(67-43)65-39-32-91-41(48(79)46(39)77)34-87-24-22-85-20-18-83-16-14-81-12-10-74-26-36(69-72-74)28-89-30-38(64-45(76)4-2-1-3-7-63-71-60)31-90-29-37-27-75(73-70-37)11-13-82-15-17-84-19-21-86-23-25-88-35-42-49(80)47(78)40(33-92-42)66-51-62-9-6-44(68-51)53(57,58)59/h5-6,8-9,26-27,38-42,46-49,77-80H,1-4,7,10-25,28-35H2,(H,64,76)(H,61,65,67)(H,62,66,68)/t39-,40-,41+,42+,46+,47+,48-,49-/m0/s1. The molecule has 0 unspecified atom stereocenters. The Balaban J connectivity index is 0.743. The van der Waals surface area contributed by atoms with Crippen LogP contribution in [-0.4, -0.2) is 270 Å². The van der Waals surface area contributed by atoms with E-state index in [0.29, 0.717) is 103 Å². The molecule has 0 aliphatic carbocycles. The largest absolute Gasteiger partial charge is 0.433 e. The topological polar surface area (TPSA) is 407 Å². The Morgan fingerprint density at radius 2 is 1.01 bits per heavy atom. The average molecular weight is 1330 g/mol. The summed E-state index contributed by atoms with van der Waals surface area (Å²) in [5.41, 5.74) is 7.31. The van der Waals surface area contributed by atoms with Crippen LogP contribution in [0.25, 0.3) is 10.4 Å². The Kier molecular flexibility index (Phi) is 33.7. The van der Waals surface area contributed by atoms with Crippen LogP contribution >= 0.6 is 0 Å². The van der Waals surface area contributed by atoms with Crippen molar-refractivity contribution in [3.63, 3.8) is 0 Å². The highest BCUT2D eigenvalue weighted by molar-refractivity contribution is 5.76. The molecule has 2 aliphatic rings. The van der Waals surface area contributed by atoms with Gasteiger partial charge in [-0.2, -0.15) is 26.3 Å². The van der Waals surface area contributed by atoms with E-state index in [1.165, 1.54) is 0 Å². The van der Waals surface area contributed by atoms with Gasteiger partial charge >= 0.3 is 12.4 Å². The second-order valence-electron chi connectivity index (χ2n) is 20.6. The number of aromatic nitrogens is 10. The molecule has 39 heteroatoms. The second kappa shape index (κ2) is 41.5. The van der Waals surface area contributed by atoms with Gasteiger partial charge < -0.3 is 93.2 Å². The summed E-state index contributed by atoms with van der Waals surface area (Å²) in [6, 6.07) is -1.00. The van der Waals surface area contributed by atoms with Gasteiger partial charge in [0.15, 0.2) is 0 Å². The van der Waals surface area contributed by atoms with Crippen molar-refractivity contribution in [2.45, 2.75) is 119 Å². The molecule has 92 heavy (non-hydrogen) atoms. The minimum atomic E-state index is -4.67. The molecule has 4 aromatic rings. The number of hydrogen-bond acceptors (Lipinski definition) is 28. The van der Waals surface area contributed by atoms with E-state index in [1.54, 1.807) is 21.8 Å². The number of anilines is 2. The van der Waals surface area contributed by atoms with Crippen LogP contribution in [0.15, 0.2) is 42.0 Å². The lowest BCUT2D eigenvalue weighted by molar-refractivity contribution is -0.161. The van der Waals surface area contributed by atoms with Gasteiger partial charge in [0, 0.05) is 30.3 Å². The van der Waals surface area contributed by atoms with Gasteiger partial charge in [-0.25, -0.2) is 29.3 Å². The van der Waals surface area contributed by atoms with Crippen molar-refractivity contribution in [3.05, 3.63) is 70.1 Å². The molecule has 7 N–H and O–H groups in total. The monoisotopic (exact) mass is 1330 g/mol. The lowest BCUT2D eigenvalue weighted by atomic mass is 9.98. The minimum Gasteiger partial charge on any atom is -0.388 e. The summed E-state index contributed by atoms with van der Waals surface area (Å²) in [6.45, 7) is 5.04.